The molecule has 80 valence electrons. The summed E-state index contributed by atoms with van der Waals surface area (Å²) in [5, 5.41) is 0. The largest absolute Gasteiger partial charge is 0.312 e. The summed E-state index contributed by atoms with van der Waals surface area (Å²) < 4.78 is 25.3. The molecule has 1 amide bonds. The number of halogens is 2. The first-order valence-corrected chi connectivity index (χ1v) is 4.87. The van der Waals surface area contributed by atoms with E-state index in [2.05, 4.69) is 0 Å². The fourth-order valence-electron chi connectivity index (χ4n) is 1.82. The second kappa shape index (κ2) is 3.96. The van der Waals surface area contributed by atoms with Crippen LogP contribution in [0.25, 0.3) is 0 Å². The number of anilines is 1. The summed E-state index contributed by atoms with van der Waals surface area (Å²) in [5.41, 5.74) is 0.294. The van der Waals surface area contributed by atoms with Crippen molar-refractivity contribution in [2.24, 2.45) is 0 Å². The highest BCUT2D eigenvalue weighted by atomic mass is 19.3. The molecule has 0 radical (unpaired) electrons. The third-order valence-electron chi connectivity index (χ3n) is 2.54. The van der Waals surface area contributed by atoms with Crippen molar-refractivity contribution in [3.8, 4) is 0 Å². The maximum Gasteiger partial charge on any atom is 0.265 e. The van der Waals surface area contributed by atoms with Crippen LogP contribution in [0.5, 0.6) is 0 Å². The van der Waals surface area contributed by atoms with E-state index in [-0.39, 0.29) is 11.5 Å². The van der Waals surface area contributed by atoms with Crippen molar-refractivity contribution in [3.05, 3.63) is 29.8 Å². The van der Waals surface area contributed by atoms with E-state index in [0.29, 0.717) is 18.7 Å². The Hall–Kier alpha value is -1.45. The lowest BCUT2D eigenvalue weighted by atomic mass is 10.1. The maximum absolute atomic E-state index is 12.7. The summed E-state index contributed by atoms with van der Waals surface area (Å²) in [5.74, 6) is -0.0666. The molecular weight excluding hydrogens is 200 g/mol. The number of nitrogens with zero attached hydrogens (tertiary/aromatic N) is 1. The summed E-state index contributed by atoms with van der Waals surface area (Å²) in [4.78, 5) is 12.9. The van der Waals surface area contributed by atoms with E-state index in [0.717, 1.165) is 6.42 Å². The van der Waals surface area contributed by atoms with Gasteiger partial charge in [-0.3, -0.25) is 4.79 Å². The van der Waals surface area contributed by atoms with Crippen LogP contribution in [0.15, 0.2) is 24.3 Å². The Kier molecular flexibility index (Phi) is 2.66. The van der Waals surface area contributed by atoms with Crippen molar-refractivity contribution in [3.63, 3.8) is 0 Å². The minimum absolute atomic E-state index is 0.0623. The van der Waals surface area contributed by atoms with Gasteiger partial charge >= 0.3 is 0 Å². The minimum atomic E-state index is -2.53. The van der Waals surface area contributed by atoms with Crippen LogP contribution in [0.4, 0.5) is 14.5 Å². The molecule has 0 N–H and O–H groups in total. The first-order chi connectivity index (χ1) is 7.20. The van der Waals surface area contributed by atoms with Crippen LogP contribution in [-0.4, -0.2) is 12.5 Å². The first kappa shape index (κ1) is 10.1. The van der Waals surface area contributed by atoms with Crippen molar-refractivity contribution in [2.45, 2.75) is 19.3 Å². The molecule has 1 aliphatic rings. The first-order valence-electron chi connectivity index (χ1n) is 4.87. The Bertz CT molecular complexity index is 379. The van der Waals surface area contributed by atoms with Gasteiger partial charge in [0.05, 0.1) is 5.69 Å². The predicted molar refractivity (Wildman–Crippen MR) is 53.0 cm³/mol. The van der Waals surface area contributed by atoms with Gasteiger partial charge in [0.15, 0.2) is 0 Å². The zero-order valence-electron chi connectivity index (χ0n) is 8.12. The Labute approximate surface area is 86.5 Å². The second-order valence-corrected chi connectivity index (χ2v) is 3.51. The number of rotatable bonds is 2. The molecule has 2 nitrogen and oxygen atoms in total. The van der Waals surface area contributed by atoms with E-state index in [1.54, 1.807) is 18.2 Å². The van der Waals surface area contributed by atoms with Crippen LogP contribution < -0.4 is 4.90 Å². The third kappa shape index (κ3) is 1.84. The average Bonchev–Trinajstić information content (AvgIpc) is 2.64. The van der Waals surface area contributed by atoms with Gasteiger partial charge in [0.25, 0.3) is 6.43 Å². The predicted octanol–water partition coefficient (Wildman–Crippen LogP) is 2.75. The summed E-state index contributed by atoms with van der Waals surface area (Å²) in [6, 6.07) is 6.18. The smallest absolute Gasteiger partial charge is 0.265 e. The lowest BCUT2D eigenvalue weighted by molar-refractivity contribution is -0.117. The van der Waals surface area contributed by atoms with Crippen LogP contribution >= 0.6 is 0 Å². The van der Waals surface area contributed by atoms with Crippen molar-refractivity contribution >= 4 is 11.6 Å². The molecule has 2 rings (SSSR count). The van der Waals surface area contributed by atoms with Gasteiger partial charge in [0.2, 0.25) is 5.91 Å². The summed E-state index contributed by atoms with van der Waals surface area (Å²) in [7, 11) is 0. The topological polar surface area (TPSA) is 20.3 Å². The molecule has 1 aliphatic heterocycles. The molecule has 1 aromatic carbocycles. The molecule has 0 atom stereocenters. The van der Waals surface area contributed by atoms with Crippen molar-refractivity contribution in [2.75, 3.05) is 11.4 Å². The number of hydrogen-bond donors (Lipinski definition) is 0. The lowest BCUT2D eigenvalue weighted by Crippen LogP contribution is -2.24. The van der Waals surface area contributed by atoms with Crippen molar-refractivity contribution in [1.29, 1.82) is 0 Å². The summed E-state index contributed by atoms with van der Waals surface area (Å²) >= 11 is 0. The molecule has 1 heterocycles. The Balaban J connectivity index is 2.38. The van der Waals surface area contributed by atoms with Gasteiger partial charge in [-0.1, -0.05) is 18.2 Å². The fourth-order valence-corrected chi connectivity index (χ4v) is 1.82. The van der Waals surface area contributed by atoms with E-state index < -0.39 is 6.43 Å². The van der Waals surface area contributed by atoms with E-state index in [4.69, 9.17) is 0 Å². The SMILES string of the molecule is O=C1CCCN1c1ccccc1C(F)F. The highest BCUT2D eigenvalue weighted by Gasteiger charge is 2.25. The van der Waals surface area contributed by atoms with E-state index in [1.165, 1.54) is 11.0 Å². The quantitative estimate of drug-likeness (QED) is 0.736. The normalized spacial score (nSPS) is 16.5. The van der Waals surface area contributed by atoms with Crippen LogP contribution in [0.1, 0.15) is 24.8 Å². The highest BCUT2D eigenvalue weighted by Crippen LogP contribution is 2.31. The molecule has 4 heteroatoms. The van der Waals surface area contributed by atoms with Gasteiger partial charge in [-0.25, -0.2) is 8.78 Å². The fraction of sp³-hybridized carbons (Fsp3) is 0.364. The number of amides is 1. The van der Waals surface area contributed by atoms with E-state index >= 15 is 0 Å². The van der Waals surface area contributed by atoms with Gasteiger partial charge < -0.3 is 4.90 Å². The molecule has 0 aliphatic carbocycles. The van der Waals surface area contributed by atoms with Crippen LogP contribution in [0.3, 0.4) is 0 Å². The van der Waals surface area contributed by atoms with Crippen LogP contribution in [0.2, 0.25) is 0 Å². The van der Waals surface area contributed by atoms with Crippen LogP contribution in [0, 0.1) is 0 Å². The van der Waals surface area contributed by atoms with Crippen LogP contribution in [-0.2, 0) is 4.79 Å². The summed E-state index contributed by atoms with van der Waals surface area (Å²) in [6.07, 6.45) is -1.33. The van der Waals surface area contributed by atoms with Crippen molar-refractivity contribution < 1.29 is 13.6 Å². The molecule has 0 saturated carbocycles. The number of carbonyl (C=O) groups excluding carboxylic acids is 1. The van der Waals surface area contributed by atoms with Gasteiger partial charge in [-0.2, -0.15) is 0 Å². The number of hydrogen-bond acceptors (Lipinski definition) is 1. The monoisotopic (exact) mass is 211 g/mol. The standard InChI is InChI=1S/C11H11F2NO/c12-11(13)8-4-1-2-5-9(8)14-7-3-6-10(14)15/h1-2,4-5,11H,3,6-7H2. The molecule has 0 spiro atoms. The zero-order valence-corrected chi connectivity index (χ0v) is 8.12. The van der Waals surface area contributed by atoms with Crippen molar-refractivity contribution in [1.82, 2.24) is 0 Å². The molecule has 1 fully saturated rings. The molecular formula is C11H11F2NO. The average molecular weight is 211 g/mol. The number of para-hydroxylation sites is 1. The highest BCUT2D eigenvalue weighted by molar-refractivity contribution is 5.96. The Morgan fingerprint density at radius 2 is 2.00 bits per heavy atom. The number of benzene rings is 1. The molecule has 0 unspecified atom stereocenters. The molecule has 1 saturated heterocycles. The Morgan fingerprint density at radius 3 is 2.60 bits per heavy atom. The number of alkyl halides is 2. The van der Waals surface area contributed by atoms with Gasteiger partial charge in [0.1, 0.15) is 0 Å². The van der Waals surface area contributed by atoms with E-state index in [9.17, 15) is 13.6 Å². The summed E-state index contributed by atoms with van der Waals surface area (Å²) in [6.45, 7) is 0.544. The second-order valence-electron chi connectivity index (χ2n) is 3.51. The maximum atomic E-state index is 12.7. The van der Waals surface area contributed by atoms with Gasteiger partial charge in [0, 0.05) is 18.5 Å². The Morgan fingerprint density at radius 1 is 1.27 bits per heavy atom. The van der Waals surface area contributed by atoms with E-state index in [1.807, 2.05) is 0 Å². The zero-order chi connectivity index (χ0) is 10.8. The minimum Gasteiger partial charge on any atom is -0.312 e. The molecule has 15 heavy (non-hydrogen) atoms. The molecule has 0 bridgehead atoms. The van der Waals surface area contributed by atoms with Gasteiger partial charge in [-0.15, -0.1) is 0 Å². The molecule has 0 aromatic heterocycles. The van der Waals surface area contributed by atoms with Gasteiger partial charge in [-0.05, 0) is 12.5 Å². The molecule has 1 aromatic rings. The lowest BCUT2D eigenvalue weighted by Gasteiger charge is -2.19. The third-order valence-corrected chi connectivity index (χ3v) is 2.54. The number of carbonyl (C=O) groups is 1.